The number of likely N-dealkylation sites (tertiary alicyclic amines) is 1. The Bertz CT molecular complexity index is 1010. The first-order chi connectivity index (χ1) is 14.1. The van der Waals surface area contributed by atoms with Crippen molar-refractivity contribution in [3.63, 3.8) is 0 Å². The van der Waals surface area contributed by atoms with Crippen molar-refractivity contribution < 1.29 is 18.4 Å². The lowest BCUT2D eigenvalue weighted by molar-refractivity contribution is -0.130. The van der Waals surface area contributed by atoms with E-state index in [1.54, 1.807) is 30.2 Å². The fourth-order valence-electron chi connectivity index (χ4n) is 3.43. The highest BCUT2D eigenvalue weighted by atomic mass is 19.1. The number of aryl methyl sites for hydroxylation is 1. The number of nitrogens with zero attached hydrogens (tertiary/aromatic N) is 5. The van der Waals surface area contributed by atoms with Crippen LogP contribution in [0.5, 0.6) is 5.75 Å². The lowest BCUT2D eigenvalue weighted by Gasteiger charge is -2.17. The van der Waals surface area contributed by atoms with Gasteiger partial charge in [-0.1, -0.05) is 11.2 Å². The van der Waals surface area contributed by atoms with Gasteiger partial charge in [-0.2, -0.15) is 4.98 Å². The average molecular weight is 397 g/mol. The van der Waals surface area contributed by atoms with E-state index in [0.717, 1.165) is 17.7 Å². The number of hydrogen-bond acceptors (Lipinski definition) is 7. The molecule has 0 aliphatic carbocycles. The van der Waals surface area contributed by atoms with E-state index in [4.69, 9.17) is 9.26 Å². The standard InChI is InChI=1S/C20H20FN5O3/c1-13-24-20(25-29-13)17-10-22-12-23-19(17)14-5-7-26(11-14)18(27)6-8-28-16-4-2-3-15(21)9-16/h2-4,9-10,12,14H,5-8,11H2,1H3/t14-/m0/s1. The fourth-order valence-corrected chi connectivity index (χ4v) is 3.43. The molecule has 0 unspecified atom stereocenters. The van der Waals surface area contributed by atoms with Crippen molar-refractivity contribution >= 4 is 5.91 Å². The number of benzene rings is 1. The van der Waals surface area contributed by atoms with Gasteiger partial charge in [-0.3, -0.25) is 4.79 Å². The van der Waals surface area contributed by atoms with E-state index in [1.165, 1.54) is 18.5 Å². The van der Waals surface area contributed by atoms with Crippen LogP contribution in [0.2, 0.25) is 0 Å². The summed E-state index contributed by atoms with van der Waals surface area (Å²) in [5.41, 5.74) is 1.53. The normalized spacial score (nSPS) is 16.2. The third-order valence-electron chi connectivity index (χ3n) is 4.82. The Morgan fingerprint density at radius 1 is 1.41 bits per heavy atom. The second kappa shape index (κ2) is 8.34. The first-order valence-electron chi connectivity index (χ1n) is 9.37. The maximum Gasteiger partial charge on any atom is 0.226 e. The van der Waals surface area contributed by atoms with Gasteiger partial charge in [0.15, 0.2) is 0 Å². The highest BCUT2D eigenvalue weighted by molar-refractivity contribution is 5.76. The summed E-state index contributed by atoms with van der Waals surface area (Å²) in [6, 6.07) is 5.88. The summed E-state index contributed by atoms with van der Waals surface area (Å²) < 4.78 is 23.7. The van der Waals surface area contributed by atoms with Gasteiger partial charge in [0.2, 0.25) is 17.6 Å². The SMILES string of the molecule is Cc1nc(-c2cncnc2[C@H]2CCN(C(=O)CCOc3cccc(F)c3)C2)no1. The molecule has 1 aromatic carbocycles. The molecule has 4 rings (SSSR count). The zero-order valence-electron chi connectivity index (χ0n) is 15.9. The minimum absolute atomic E-state index is 0.00471. The number of carbonyl (C=O) groups excluding carboxylic acids is 1. The van der Waals surface area contributed by atoms with Crippen molar-refractivity contribution in [2.24, 2.45) is 0 Å². The molecule has 0 bridgehead atoms. The maximum absolute atomic E-state index is 13.2. The summed E-state index contributed by atoms with van der Waals surface area (Å²) >= 11 is 0. The number of ether oxygens (including phenoxy) is 1. The van der Waals surface area contributed by atoms with Crippen molar-refractivity contribution in [1.82, 2.24) is 25.0 Å². The number of carbonyl (C=O) groups is 1. The van der Waals surface area contributed by atoms with Crippen LogP contribution in [0.15, 0.2) is 41.3 Å². The van der Waals surface area contributed by atoms with Gasteiger partial charge in [-0.25, -0.2) is 14.4 Å². The van der Waals surface area contributed by atoms with Crippen LogP contribution in [-0.2, 0) is 4.79 Å². The van der Waals surface area contributed by atoms with Gasteiger partial charge in [0.05, 0.1) is 24.3 Å². The predicted octanol–water partition coefficient (Wildman–Crippen LogP) is 2.76. The average Bonchev–Trinajstić information content (AvgIpc) is 3.37. The van der Waals surface area contributed by atoms with Gasteiger partial charge in [0.25, 0.3) is 0 Å². The molecular formula is C20H20FN5O3. The minimum atomic E-state index is -0.367. The van der Waals surface area contributed by atoms with Crippen molar-refractivity contribution in [1.29, 1.82) is 0 Å². The Hall–Kier alpha value is -3.36. The van der Waals surface area contributed by atoms with E-state index in [9.17, 15) is 9.18 Å². The Labute approximate surface area is 166 Å². The van der Waals surface area contributed by atoms with E-state index in [2.05, 4.69) is 20.1 Å². The van der Waals surface area contributed by atoms with Crippen molar-refractivity contribution in [3.05, 3.63) is 54.2 Å². The third-order valence-corrected chi connectivity index (χ3v) is 4.82. The summed E-state index contributed by atoms with van der Waals surface area (Å²) in [4.78, 5) is 27.1. The number of rotatable bonds is 6. The number of aromatic nitrogens is 4. The molecule has 0 saturated carbocycles. The molecule has 1 fully saturated rings. The van der Waals surface area contributed by atoms with Crippen LogP contribution in [0.25, 0.3) is 11.4 Å². The van der Waals surface area contributed by atoms with E-state index < -0.39 is 0 Å². The molecule has 1 atom stereocenters. The molecule has 3 aromatic rings. The van der Waals surface area contributed by atoms with Gasteiger partial charge in [-0.05, 0) is 18.6 Å². The van der Waals surface area contributed by atoms with E-state index >= 15 is 0 Å². The quantitative estimate of drug-likeness (QED) is 0.631. The second-order valence-electron chi connectivity index (χ2n) is 6.84. The second-order valence-corrected chi connectivity index (χ2v) is 6.84. The number of amides is 1. The summed E-state index contributed by atoms with van der Waals surface area (Å²) in [7, 11) is 0. The molecule has 3 heterocycles. The third kappa shape index (κ3) is 4.39. The first kappa shape index (κ1) is 19.0. The molecule has 1 aliphatic rings. The molecule has 150 valence electrons. The van der Waals surface area contributed by atoms with Crippen molar-refractivity contribution in [2.75, 3.05) is 19.7 Å². The molecule has 1 saturated heterocycles. The molecule has 8 nitrogen and oxygen atoms in total. The number of halogens is 1. The van der Waals surface area contributed by atoms with Crippen LogP contribution < -0.4 is 4.74 Å². The van der Waals surface area contributed by atoms with Crippen LogP contribution in [0.3, 0.4) is 0 Å². The van der Waals surface area contributed by atoms with Gasteiger partial charge < -0.3 is 14.2 Å². The lowest BCUT2D eigenvalue weighted by atomic mass is 10.00. The fraction of sp³-hybridized carbons (Fsp3) is 0.350. The van der Waals surface area contributed by atoms with Gasteiger partial charge in [0.1, 0.15) is 17.9 Å². The van der Waals surface area contributed by atoms with E-state index in [0.29, 0.717) is 30.6 Å². The predicted molar refractivity (Wildman–Crippen MR) is 101 cm³/mol. The molecule has 0 N–H and O–H groups in total. The Morgan fingerprint density at radius 2 is 2.31 bits per heavy atom. The van der Waals surface area contributed by atoms with Crippen molar-refractivity contribution in [2.45, 2.75) is 25.7 Å². The Balaban J connectivity index is 1.36. The molecule has 29 heavy (non-hydrogen) atoms. The molecule has 0 spiro atoms. The molecular weight excluding hydrogens is 377 g/mol. The highest BCUT2D eigenvalue weighted by Gasteiger charge is 2.30. The Morgan fingerprint density at radius 3 is 3.10 bits per heavy atom. The van der Waals surface area contributed by atoms with Gasteiger partial charge in [0, 0.05) is 38.2 Å². The van der Waals surface area contributed by atoms with Crippen LogP contribution in [-0.4, -0.2) is 50.6 Å². The van der Waals surface area contributed by atoms with Crippen LogP contribution >= 0.6 is 0 Å². The Kier molecular flexibility index (Phi) is 5.46. The van der Waals surface area contributed by atoms with Crippen molar-refractivity contribution in [3.8, 4) is 17.1 Å². The monoisotopic (exact) mass is 397 g/mol. The van der Waals surface area contributed by atoms with Crippen LogP contribution in [0.1, 0.15) is 30.3 Å². The first-order valence-corrected chi connectivity index (χ1v) is 9.37. The van der Waals surface area contributed by atoms with E-state index in [-0.39, 0.29) is 30.7 Å². The van der Waals surface area contributed by atoms with Gasteiger partial charge in [-0.15, -0.1) is 0 Å². The highest BCUT2D eigenvalue weighted by Crippen LogP contribution is 2.32. The topological polar surface area (TPSA) is 94.2 Å². The molecule has 1 aliphatic heterocycles. The summed E-state index contributed by atoms with van der Waals surface area (Å²) in [6.45, 7) is 3.12. The van der Waals surface area contributed by atoms with Crippen LogP contribution in [0, 0.1) is 12.7 Å². The molecule has 1 amide bonds. The molecule has 9 heteroatoms. The molecule has 2 aromatic heterocycles. The van der Waals surface area contributed by atoms with Gasteiger partial charge >= 0.3 is 0 Å². The maximum atomic E-state index is 13.2. The largest absolute Gasteiger partial charge is 0.493 e. The number of hydrogen-bond donors (Lipinski definition) is 0. The zero-order valence-corrected chi connectivity index (χ0v) is 15.9. The van der Waals surface area contributed by atoms with Crippen LogP contribution in [0.4, 0.5) is 4.39 Å². The zero-order chi connectivity index (χ0) is 20.2. The summed E-state index contributed by atoms with van der Waals surface area (Å²) in [5, 5.41) is 3.96. The lowest BCUT2D eigenvalue weighted by Crippen LogP contribution is -2.29. The molecule has 0 radical (unpaired) electrons. The van der Waals surface area contributed by atoms with E-state index in [1.807, 2.05) is 0 Å². The minimum Gasteiger partial charge on any atom is -0.493 e. The summed E-state index contributed by atoms with van der Waals surface area (Å²) in [6.07, 6.45) is 4.17. The summed E-state index contributed by atoms with van der Waals surface area (Å²) in [5.74, 6) is 1.03. The smallest absolute Gasteiger partial charge is 0.226 e.